The van der Waals surface area contributed by atoms with Gasteiger partial charge in [-0.25, -0.2) is 4.79 Å². The van der Waals surface area contributed by atoms with Crippen molar-refractivity contribution in [2.24, 2.45) is 11.8 Å². The monoisotopic (exact) mass is 293 g/mol. The van der Waals surface area contributed by atoms with E-state index in [0.717, 1.165) is 19.3 Å². The Morgan fingerprint density at radius 1 is 1.29 bits per heavy atom. The van der Waals surface area contributed by atoms with Crippen molar-refractivity contribution in [2.45, 2.75) is 39.2 Å². The average molecular weight is 293 g/mol. The fourth-order valence-corrected chi connectivity index (χ4v) is 3.05. The highest BCUT2D eigenvalue weighted by atomic mass is 16.6. The molecule has 1 aromatic carbocycles. The predicted octanol–water partition coefficient (Wildman–Crippen LogP) is 3.50. The number of carbonyl (C=O) groups is 1. The highest BCUT2D eigenvalue weighted by Crippen LogP contribution is 2.33. The Bertz CT molecular complexity index is 547. The van der Waals surface area contributed by atoms with Crippen molar-refractivity contribution in [1.82, 2.24) is 0 Å². The van der Waals surface area contributed by atoms with E-state index in [9.17, 15) is 20.0 Å². The summed E-state index contributed by atoms with van der Waals surface area (Å²) in [6.07, 6.45) is 2.71. The number of ether oxygens (including phenoxy) is 1. The van der Waals surface area contributed by atoms with E-state index < -0.39 is 10.9 Å². The molecule has 0 aromatic heterocycles. The van der Waals surface area contributed by atoms with Gasteiger partial charge in [0.1, 0.15) is 11.3 Å². The van der Waals surface area contributed by atoms with E-state index in [4.69, 9.17) is 4.74 Å². The van der Waals surface area contributed by atoms with Gasteiger partial charge in [0.2, 0.25) is 0 Å². The first-order valence-electron chi connectivity index (χ1n) is 7.05. The van der Waals surface area contributed by atoms with E-state index in [-0.39, 0.29) is 23.1 Å². The van der Waals surface area contributed by atoms with Crippen LogP contribution < -0.4 is 4.74 Å². The van der Waals surface area contributed by atoms with E-state index in [1.807, 2.05) is 0 Å². The Labute approximate surface area is 122 Å². The van der Waals surface area contributed by atoms with Crippen LogP contribution in [0.25, 0.3) is 0 Å². The fourth-order valence-electron chi connectivity index (χ4n) is 3.05. The molecule has 1 aliphatic carbocycles. The largest absolute Gasteiger partial charge is 0.489 e. The highest BCUT2D eigenvalue weighted by Gasteiger charge is 2.27. The van der Waals surface area contributed by atoms with Gasteiger partial charge in [-0.1, -0.05) is 13.8 Å². The second-order valence-corrected chi connectivity index (χ2v) is 5.90. The molecule has 1 aliphatic rings. The second kappa shape index (κ2) is 6.11. The summed E-state index contributed by atoms with van der Waals surface area (Å²) in [5.41, 5.74) is -0.196. The van der Waals surface area contributed by atoms with Gasteiger partial charge in [-0.3, -0.25) is 10.1 Å². The molecule has 6 heteroatoms. The number of aromatic carboxylic acids is 1. The third-order valence-corrected chi connectivity index (χ3v) is 3.84. The Balaban J connectivity index is 2.26. The Hall–Kier alpha value is -2.11. The molecule has 1 saturated carbocycles. The molecular formula is C15H19NO5. The van der Waals surface area contributed by atoms with Gasteiger partial charge in [-0.2, -0.15) is 0 Å². The van der Waals surface area contributed by atoms with E-state index >= 15 is 0 Å². The van der Waals surface area contributed by atoms with Crippen molar-refractivity contribution < 1.29 is 19.6 Å². The molecule has 0 aliphatic heterocycles. The molecule has 1 aromatic rings. The molecule has 2 rings (SSSR count). The minimum atomic E-state index is -1.14. The summed E-state index contributed by atoms with van der Waals surface area (Å²) in [7, 11) is 0. The Morgan fingerprint density at radius 3 is 2.43 bits per heavy atom. The van der Waals surface area contributed by atoms with Gasteiger partial charge < -0.3 is 9.84 Å². The van der Waals surface area contributed by atoms with Gasteiger partial charge >= 0.3 is 5.97 Å². The number of carboxylic acid groups (broad SMARTS) is 1. The van der Waals surface area contributed by atoms with Crippen LogP contribution >= 0.6 is 0 Å². The van der Waals surface area contributed by atoms with Crippen LogP contribution in [-0.4, -0.2) is 22.1 Å². The highest BCUT2D eigenvalue weighted by molar-refractivity contribution is 5.91. The molecule has 21 heavy (non-hydrogen) atoms. The van der Waals surface area contributed by atoms with Gasteiger partial charge in [0.15, 0.2) is 0 Å². The minimum absolute atomic E-state index is 0.0357. The van der Waals surface area contributed by atoms with E-state index in [0.29, 0.717) is 11.8 Å². The summed E-state index contributed by atoms with van der Waals surface area (Å²) in [6, 6.07) is 3.61. The normalized spacial score (nSPS) is 25.3. The van der Waals surface area contributed by atoms with E-state index in [1.54, 1.807) is 0 Å². The summed E-state index contributed by atoms with van der Waals surface area (Å²) in [5, 5.41) is 20.0. The van der Waals surface area contributed by atoms with Crippen LogP contribution in [0.15, 0.2) is 18.2 Å². The van der Waals surface area contributed by atoms with Crippen LogP contribution in [0, 0.1) is 22.0 Å². The average Bonchev–Trinajstić information content (AvgIpc) is 2.36. The molecule has 0 saturated heterocycles. The third kappa shape index (κ3) is 3.71. The maximum absolute atomic E-state index is 11.2. The Morgan fingerprint density at radius 2 is 1.90 bits per heavy atom. The number of rotatable bonds is 4. The molecule has 0 heterocycles. The summed E-state index contributed by atoms with van der Waals surface area (Å²) >= 11 is 0. The van der Waals surface area contributed by atoms with Crippen molar-refractivity contribution in [3.05, 3.63) is 33.9 Å². The summed E-state index contributed by atoms with van der Waals surface area (Å²) in [6.45, 7) is 4.27. The Kier molecular flexibility index (Phi) is 4.45. The first-order chi connectivity index (χ1) is 9.86. The van der Waals surface area contributed by atoms with Crippen molar-refractivity contribution in [3.63, 3.8) is 0 Å². The third-order valence-electron chi connectivity index (χ3n) is 3.84. The quantitative estimate of drug-likeness (QED) is 0.677. The summed E-state index contributed by atoms with van der Waals surface area (Å²) in [4.78, 5) is 21.5. The molecule has 0 radical (unpaired) electrons. The zero-order valence-electron chi connectivity index (χ0n) is 12.1. The van der Waals surface area contributed by atoms with Gasteiger partial charge in [0.25, 0.3) is 5.69 Å². The van der Waals surface area contributed by atoms with Crippen LogP contribution in [0.4, 0.5) is 5.69 Å². The van der Waals surface area contributed by atoms with Crippen LogP contribution in [0.3, 0.4) is 0 Å². The number of non-ortho nitro benzene ring substituents is 1. The van der Waals surface area contributed by atoms with Gasteiger partial charge in [-0.05, 0) is 37.2 Å². The van der Waals surface area contributed by atoms with Crippen LogP contribution in [-0.2, 0) is 0 Å². The molecule has 0 spiro atoms. The molecule has 6 nitrogen and oxygen atoms in total. The first-order valence-corrected chi connectivity index (χ1v) is 7.05. The van der Waals surface area contributed by atoms with Gasteiger partial charge in [0, 0.05) is 6.07 Å². The lowest BCUT2D eigenvalue weighted by Gasteiger charge is -2.31. The van der Waals surface area contributed by atoms with Crippen LogP contribution in [0.2, 0.25) is 0 Å². The number of nitrogens with zero attached hydrogens (tertiary/aromatic N) is 1. The van der Waals surface area contributed by atoms with Crippen LogP contribution in [0.1, 0.15) is 43.5 Å². The van der Waals surface area contributed by atoms with Crippen LogP contribution in [0.5, 0.6) is 5.75 Å². The van der Waals surface area contributed by atoms with E-state index in [2.05, 4.69) is 13.8 Å². The maximum atomic E-state index is 11.2. The fraction of sp³-hybridized carbons (Fsp3) is 0.533. The van der Waals surface area contributed by atoms with Crippen molar-refractivity contribution in [3.8, 4) is 5.75 Å². The zero-order valence-corrected chi connectivity index (χ0v) is 12.1. The lowest BCUT2D eigenvalue weighted by Crippen LogP contribution is -2.29. The van der Waals surface area contributed by atoms with Crippen molar-refractivity contribution in [1.29, 1.82) is 0 Å². The SMILES string of the molecule is CC1CC(C)CC(Oc2cc([N+](=O)[O-])ccc2C(=O)O)C1. The number of benzene rings is 1. The lowest BCUT2D eigenvalue weighted by molar-refractivity contribution is -0.385. The van der Waals surface area contributed by atoms with E-state index in [1.165, 1.54) is 18.2 Å². The van der Waals surface area contributed by atoms with Gasteiger partial charge in [0.05, 0.1) is 17.1 Å². The molecule has 0 bridgehead atoms. The lowest BCUT2D eigenvalue weighted by atomic mass is 9.82. The number of nitro groups is 1. The number of hydrogen-bond acceptors (Lipinski definition) is 4. The topological polar surface area (TPSA) is 89.7 Å². The number of hydrogen-bond donors (Lipinski definition) is 1. The second-order valence-electron chi connectivity index (χ2n) is 5.90. The molecular weight excluding hydrogens is 274 g/mol. The molecule has 114 valence electrons. The molecule has 1 N–H and O–H groups in total. The zero-order chi connectivity index (χ0) is 15.6. The maximum Gasteiger partial charge on any atom is 0.339 e. The van der Waals surface area contributed by atoms with Crippen molar-refractivity contribution in [2.75, 3.05) is 0 Å². The number of carboxylic acids is 1. The predicted molar refractivity (Wildman–Crippen MR) is 76.7 cm³/mol. The molecule has 2 atom stereocenters. The molecule has 1 fully saturated rings. The standard InChI is InChI=1S/C15H19NO5/c1-9-5-10(2)7-12(6-9)21-14-8-11(16(19)20)3-4-13(14)15(17)18/h3-4,8-10,12H,5-7H2,1-2H3,(H,17,18). The van der Waals surface area contributed by atoms with Gasteiger partial charge in [-0.15, -0.1) is 0 Å². The summed E-state index contributed by atoms with van der Waals surface area (Å²) in [5.74, 6) is -0.0451. The first kappa shape index (κ1) is 15.3. The number of nitro benzene ring substituents is 1. The van der Waals surface area contributed by atoms with Crippen molar-refractivity contribution >= 4 is 11.7 Å². The smallest absolute Gasteiger partial charge is 0.339 e. The molecule has 2 unspecified atom stereocenters. The summed E-state index contributed by atoms with van der Waals surface area (Å²) < 4.78 is 5.79. The minimum Gasteiger partial charge on any atom is -0.489 e. The molecule has 0 amide bonds.